The monoisotopic (exact) mass is 280 g/mol. The molecule has 3 rings (SSSR count). The lowest BCUT2D eigenvalue weighted by atomic mass is 9.82. The molecule has 0 unspecified atom stereocenters. The summed E-state index contributed by atoms with van der Waals surface area (Å²) in [5.74, 6) is 0.594. The molecule has 0 bridgehead atoms. The van der Waals surface area contributed by atoms with Crippen molar-refractivity contribution in [2.45, 2.75) is 25.7 Å². The first-order chi connectivity index (χ1) is 10.1. The topological polar surface area (TPSA) is 87.7 Å². The minimum Gasteiger partial charge on any atom is -0.420 e. The van der Waals surface area contributed by atoms with E-state index >= 15 is 0 Å². The Hall–Kier alpha value is -2.74. The van der Waals surface area contributed by atoms with Gasteiger partial charge in [-0.3, -0.25) is 5.10 Å². The highest BCUT2D eigenvalue weighted by atomic mass is 16.5. The van der Waals surface area contributed by atoms with Gasteiger partial charge in [-0.1, -0.05) is 44.2 Å². The van der Waals surface area contributed by atoms with E-state index in [-0.39, 0.29) is 17.7 Å². The van der Waals surface area contributed by atoms with E-state index in [1.165, 1.54) is 0 Å². The Balaban J connectivity index is 2.25. The number of nitriles is 1. The third-order valence-electron chi connectivity index (χ3n) is 3.68. The van der Waals surface area contributed by atoms with Crippen LogP contribution in [-0.4, -0.2) is 10.2 Å². The van der Waals surface area contributed by atoms with Crippen molar-refractivity contribution in [2.75, 3.05) is 0 Å². The largest absolute Gasteiger partial charge is 0.420 e. The zero-order valence-corrected chi connectivity index (χ0v) is 11.9. The molecule has 1 atom stereocenters. The minimum atomic E-state index is -0.240. The Morgan fingerprint density at radius 3 is 2.67 bits per heavy atom. The molecule has 5 nitrogen and oxygen atoms in total. The lowest BCUT2D eigenvalue weighted by Crippen LogP contribution is -2.21. The first-order valence-corrected chi connectivity index (χ1v) is 6.84. The third kappa shape index (κ3) is 2.05. The van der Waals surface area contributed by atoms with E-state index in [0.29, 0.717) is 11.5 Å². The first-order valence-electron chi connectivity index (χ1n) is 6.84. The van der Waals surface area contributed by atoms with E-state index in [9.17, 15) is 5.26 Å². The van der Waals surface area contributed by atoms with Gasteiger partial charge < -0.3 is 10.5 Å². The lowest BCUT2D eigenvalue weighted by molar-refractivity contribution is 0.378. The van der Waals surface area contributed by atoms with Crippen LogP contribution < -0.4 is 10.5 Å². The van der Waals surface area contributed by atoms with Gasteiger partial charge in [-0.2, -0.15) is 5.26 Å². The Morgan fingerprint density at radius 1 is 1.33 bits per heavy atom. The number of hydrogen-bond acceptors (Lipinski definition) is 4. The minimum absolute atomic E-state index is 0.126. The van der Waals surface area contributed by atoms with Gasteiger partial charge in [-0.25, -0.2) is 0 Å². The van der Waals surface area contributed by atoms with Crippen LogP contribution in [0.15, 0.2) is 41.8 Å². The molecule has 1 aliphatic rings. The van der Waals surface area contributed by atoms with E-state index in [1.807, 2.05) is 30.3 Å². The molecule has 2 aromatic rings. The lowest BCUT2D eigenvalue weighted by Gasteiger charge is -2.24. The summed E-state index contributed by atoms with van der Waals surface area (Å²) in [6, 6.07) is 12.0. The second kappa shape index (κ2) is 4.98. The van der Waals surface area contributed by atoms with E-state index in [1.54, 1.807) is 0 Å². The molecule has 0 radical (unpaired) electrons. The van der Waals surface area contributed by atoms with Crippen LogP contribution in [-0.2, 0) is 0 Å². The number of nitrogens with zero attached hydrogens (tertiary/aromatic N) is 2. The van der Waals surface area contributed by atoms with Crippen LogP contribution in [0.1, 0.15) is 42.5 Å². The van der Waals surface area contributed by atoms with Crippen molar-refractivity contribution < 1.29 is 4.74 Å². The van der Waals surface area contributed by atoms with Crippen molar-refractivity contribution in [3.63, 3.8) is 0 Å². The zero-order chi connectivity index (χ0) is 15.0. The molecule has 1 aromatic carbocycles. The van der Waals surface area contributed by atoms with E-state index in [0.717, 1.165) is 16.8 Å². The van der Waals surface area contributed by atoms with Crippen LogP contribution in [0.25, 0.3) is 0 Å². The predicted octanol–water partition coefficient (Wildman–Crippen LogP) is 2.75. The summed E-state index contributed by atoms with van der Waals surface area (Å²) in [5.41, 5.74) is 9.21. The number of aromatic nitrogens is 2. The van der Waals surface area contributed by atoms with Gasteiger partial charge in [-0.15, -0.1) is 5.10 Å². The van der Waals surface area contributed by atoms with Gasteiger partial charge >= 0.3 is 0 Å². The highest BCUT2D eigenvalue weighted by Crippen LogP contribution is 2.44. The van der Waals surface area contributed by atoms with Crippen LogP contribution in [0.5, 0.6) is 5.88 Å². The Bertz CT molecular complexity index is 737. The number of fused-ring (bicyclic) bond motifs is 1. The molecule has 0 amide bonds. The van der Waals surface area contributed by atoms with Gasteiger partial charge in [0.2, 0.25) is 11.8 Å². The maximum atomic E-state index is 9.49. The second-order valence-corrected chi connectivity index (χ2v) is 5.35. The van der Waals surface area contributed by atoms with Crippen LogP contribution in [0, 0.1) is 11.3 Å². The highest BCUT2D eigenvalue weighted by molar-refractivity contribution is 5.55. The van der Waals surface area contributed by atoms with Crippen molar-refractivity contribution in [1.29, 1.82) is 5.26 Å². The third-order valence-corrected chi connectivity index (χ3v) is 3.68. The van der Waals surface area contributed by atoms with Gasteiger partial charge in [0.25, 0.3) is 0 Å². The summed E-state index contributed by atoms with van der Waals surface area (Å²) in [6.07, 6.45) is 0. The van der Waals surface area contributed by atoms with Crippen molar-refractivity contribution in [1.82, 2.24) is 10.2 Å². The summed E-state index contributed by atoms with van der Waals surface area (Å²) in [6.45, 7) is 4.15. The van der Waals surface area contributed by atoms with Crippen molar-refractivity contribution in [2.24, 2.45) is 5.73 Å². The fourth-order valence-corrected chi connectivity index (χ4v) is 2.69. The van der Waals surface area contributed by atoms with Gasteiger partial charge in [0.15, 0.2) is 0 Å². The fourth-order valence-electron chi connectivity index (χ4n) is 2.69. The summed E-state index contributed by atoms with van der Waals surface area (Å²) in [5, 5.41) is 16.7. The normalized spacial score (nSPS) is 17.3. The molecular weight excluding hydrogens is 264 g/mol. The number of benzene rings is 1. The number of aromatic amines is 1. The first kappa shape index (κ1) is 13.3. The molecule has 0 saturated carbocycles. The predicted molar refractivity (Wildman–Crippen MR) is 78.4 cm³/mol. The molecule has 2 heterocycles. The summed E-state index contributed by atoms with van der Waals surface area (Å²) >= 11 is 0. The molecule has 0 fully saturated rings. The quantitative estimate of drug-likeness (QED) is 0.885. The van der Waals surface area contributed by atoms with Crippen molar-refractivity contribution in [3.05, 3.63) is 58.6 Å². The SMILES string of the molecule is CC(C)c1[nH]nc2c1[C@H](c1ccccc1)C(C#N)=C(N)O2. The molecule has 3 N–H and O–H groups in total. The summed E-state index contributed by atoms with van der Waals surface area (Å²) in [4.78, 5) is 0. The van der Waals surface area contributed by atoms with E-state index in [4.69, 9.17) is 10.5 Å². The summed E-state index contributed by atoms with van der Waals surface area (Å²) < 4.78 is 5.51. The molecule has 21 heavy (non-hydrogen) atoms. The average Bonchev–Trinajstić information content (AvgIpc) is 2.90. The molecule has 0 spiro atoms. The maximum Gasteiger partial charge on any atom is 0.244 e. The van der Waals surface area contributed by atoms with Crippen molar-refractivity contribution in [3.8, 4) is 11.9 Å². The van der Waals surface area contributed by atoms with Gasteiger partial charge in [0, 0.05) is 5.69 Å². The zero-order valence-electron chi connectivity index (χ0n) is 11.9. The maximum absolute atomic E-state index is 9.49. The molecule has 0 aliphatic carbocycles. The van der Waals surface area contributed by atoms with Crippen LogP contribution >= 0.6 is 0 Å². The fraction of sp³-hybridized carbons (Fsp3) is 0.250. The second-order valence-electron chi connectivity index (χ2n) is 5.35. The molecule has 1 aliphatic heterocycles. The number of H-pyrrole nitrogens is 1. The number of nitrogens with two attached hydrogens (primary N) is 1. The standard InChI is InChI=1S/C16H16N4O/c1-9(2)14-13-12(10-6-4-3-5-7-10)11(8-17)15(18)21-16(13)20-19-14/h3-7,9,12H,18H2,1-2H3,(H,19,20)/t12-/m1/s1. The Morgan fingerprint density at radius 2 is 2.05 bits per heavy atom. The van der Waals surface area contributed by atoms with Crippen molar-refractivity contribution >= 4 is 0 Å². The highest BCUT2D eigenvalue weighted by Gasteiger charge is 2.35. The molecular formula is C16H16N4O. The molecule has 106 valence electrons. The Kier molecular flexibility index (Phi) is 3.15. The van der Waals surface area contributed by atoms with Gasteiger partial charge in [0.1, 0.15) is 11.6 Å². The molecule has 0 saturated heterocycles. The number of rotatable bonds is 2. The molecule has 1 aromatic heterocycles. The van der Waals surface area contributed by atoms with Crippen LogP contribution in [0.4, 0.5) is 0 Å². The van der Waals surface area contributed by atoms with Gasteiger partial charge in [-0.05, 0) is 11.5 Å². The smallest absolute Gasteiger partial charge is 0.244 e. The Labute approximate surface area is 123 Å². The number of hydrogen-bond donors (Lipinski definition) is 2. The van der Waals surface area contributed by atoms with E-state index < -0.39 is 0 Å². The van der Waals surface area contributed by atoms with Gasteiger partial charge in [0.05, 0.1) is 11.5 Å². The van der Waals surface area contributed by atoms with Crippen LogP contribution in [0.3, 0.4) is 0 Å². The average molecular weight is 280 g/mol. The number of nitrogens with one attached hydrogen (secondary N) is 1. The molecule has 5 heteroatoms. The van der Waals surface area contributed by atoms with E-state index in [2.05, 4.69) is 30.1 Å². The number of ether oxygens (including phenoxy) is 1. The van der Waals surface area contributed by atoms with Crippen LogP contribution in [0.2, 0.25) is 0 Å². The number of allylic oxidation sites excluding steroid dienone is 1. The summed E-state index contributed by atoms with van der Waals surface area (Å²) in [7, 11) is 0.